The maximum atomic E-state index is 5.24. The molecule has 0 saturated carbocycles. The number of methoxy groups -OCH3 is 1. The zero-order valence-corrected chi connectivity index (χ0v) is 13.8. The Bertz CT molecular complexity index is 629. The van der Waals surface area contributed by atoms with Crippen molar-refractivity contribution in [2.24, 2.45) is 0 Å². The van der Waals surface area contributed by atoms with Crippen molar-refractivity contribution in [3.63, 3.8) is 0 Å². The molecule has 3 rings (SSSR count). The summed E-state index contributed by atoms with van der Waals surface area (Å²) in [4.78, 5) is 11.4. The molecular weight excluding hydrogens is 288 g/mol. The van der Waals surface area contributed by atoms with Crippen LogP contribution in [0, 0.1) is 0 Å². The highest BCUT2D eigenvalue weighted by Gasteiger charge is 2.25. The van der Waals surface area contributed by atoms with E-state index in [1.165, 1.54) is 18.4 Å². The Morgan fingerprint density at radius 3 is 2.78 bits per heavy atom. The molecule has 0 radical (unpaired) electrons. The van der Waals surface area contributed by atoms with Crippen molar-refractivity contribution in [3.8, 4) is 5.75 Å². The zero-order valence-electron chi connectivity index (χ0n) is 13.8. The molecular formula is C18H24N4O. The van der Waals surface area contributed by atoms with E-state index < -0.39 is 0 Å². The van der Waals surface area contributed by atoms with Crippen LogP contribution < -0.4 is 10.1 Å². The SMILES string of the molecule is CNc1nccc(C2CCCCN2Cc2ccc(OC)cc2)n1. The van der Waals surface area contributed by atoms with Crippen LogP contribution in [0.1, 0.15) is 36.6 Å². The molecule has 5 nitrogen and oxygen atoms in total. The molecule has 0 spiro atoms. The van der Waals surface area contributed by atoms with Gasteiger partial charge in [0.05, 0.1) is 18.8 Å². The first kappa shape index (κ1) is 15.7. The number of ether oxygens (including phenoxy) is 1. The molecule has 0 aliphatic carbocycles. The Balaban J connectivity index is 1.77. The van der Waals surface area contributed by atoms with Gasteiger partial charge in [-0.2, -0.15) is 0 Å². The molecule has 122 valence electrons. The number of hydrogen-bond acceptors (Lipinski definition) is 5. The van der Waals surface area contributed by atoms with Gasteiger partial charge in [-0.15, -0.1) is 0 Å². The van der Waals surface area contributed by atoms with Crippen molar-refractivity contribution >= 4 is 5.95 Å². The minimum Gasteiger partial charge on any atom is -0.497 e. The molecule has 1 aliphatic rings. The predicted octanol–water partition coefficient (Wildman–Crippen LogP) is 3.25. The second-order valence-corrected chi connectivity index (χ2v) is 5.89. The lowest BCUT2D eigenvalue weighted by Gasteiger charge is -2.35. The second-order valence-electron chi connectivity index (χ2n) is 5.89. The highest BCUT2D eigenvalue weighted by atomic mass is 16.5. The standard InChI is InChI=1S/C18H24N4O/c1-19-18-20-11-10-16(21-18)17-5-3-4-12-22(17)13-14-6-8-15(23-2)9-7-14/h6-11,17H,3-5,12-13H2,1-2H3,(H,19,20,21). The average Bonchev–Trinajstić information content (AvgIpc) is 2.63. The van der Waals surface area contributed by atoms with Crippen LogP contribution in [0.2, 0.25) is 0 Å². The fourth-order valence-electron chi connectivity index (χ4n) is 3.16. The summed E-state index contributed by atoms with van der Waals surface area (Å²) in [6, 6.07) is 10.7. The van der Waals surface area contributed by atoms with Gasteiger partial charge in [0.1, 0.15) is 5.75 Å². The topological polar surface area (TPSA) is 50.3 Å². The Kier molecular flexibility index (Phi) is 5.08. The second kappa shape index (κ2) is 7.42. The number of nitrogens with zero attached hydrogens (tertiary/aromatic N) is 3. The third kappa shape index (κ3) is 3.79. The van der Waals surface area contributed by atoms with Crippen LogP contribution in [0.25, 0.3) is 0 Å². The van der Waals surface area contributed by atoms with Crippen LogP contribution >= 0.6 is 0 Å². The van der Waals surface area contributed by atoms with Gasteiger partial charge in [0.25, 0.3) is 0 Å². The van der Waals surface area contributed by atoms with E-state index in [1.807, 2.05) is 31.4 Å². The van der Waals surface area contributed by atoms with Gasteiger partial charge >= 0.3 is 0 Å². The maximum Gasteiger partial charge on any atom is 0.222 e. The summed E-state index contributed by atoms with van der Waals surface area (Å²) in [5.74, 6) is 1.59. The largest absolute Gasteiger partial charge is 0.497 e. The molecule has 1 atom stereocenters. The summed E-state index contributed by atoms with van der Waals surface area (Å²) in [5, 5.41) is 3.03. The number of anilines is 1. The van der Waals surface area contributed by atoms with Gasteiger partial charge in [0.15, 0.2) is 0 Å². The summed E-state index contributed by atoms with van der Waals surface area (Å²) in [6.07, 6.45) is 5.49. The van der Waals surface area contributed by atoms with E-state index in [9.17, 15) is 0 Å². The molecule has 2 heterocycles. The summed E-state index contributed by atoms with van der Waals surface area (Å²) in [7, 11) is 3.55. The lowest BCUT2D eigenvalue weighted by molar-refractivity contribution is 0.137. The number of rotatable bonds is 5. The Hall–Kier alpha value is -2.14. The number of likely N-dealkylation sites (tertiary alicyclic amines) is 1. The van der Waals surface area contributed by atoms with E-state index in [0.717, 1.165) is 31.0 Å². The van der Waals surface area contributed by atoms with Crippen LogP contribution in [0.4, 0.5) is 5.95 Å². The minimum absolute atomic E-state index is 0.362. The van der Waals surface area contributed by atoms with E-state index >= 15 is 0 Å². The summed E-state index contributed by atoms with van der Waals surface area (Å²) >= 11 is 0. The molecule has 0 amide bonds. The molecule has 0 bridgehead atoms. The lowest BCUT2D eigenvalue weighted by atomic mass is 9.98. The Morgan fingerprint density at radius 1 is 1.22 bits per heavy atom. The van der Waals surface area contributed by atoms with E-state index in [1.54, 1.807) is 7.11 Å². The van der Waals surface area contributed by atoms with Gasteiger partial charge in [0, 0.05) is 19.8 Å². The molecule has 1 saturated heterocycles. The summed E-state index contributed by atoms with van der Waals surface area (Å²) in [5.41, 5.74) is 2.41. The molecule has 1 aromatic carbocycles. The fourth-order valence-corrected chi connectivity index (χ4v) is 3.16. The summed E-state index contributed by atoms with van der Waals surface area (Å²) in [6.45, 7) is 2.04. The number of aromatic nitrogens is 2. The predicted molar refractivity (Wildman–Crippen MR) is 91.6 cm³/mol. The van der Waals surface area contributed by atoms with Gasteiger partial charge in [-0.1, -0.05) is 18.6 Å². The van der Waals surface area contributed by atoms with Crippen molar-refractivity contribution in [1.29, 1.82) is 0 Å². The van der Waals surface area contributed by atoms with Crippen molar-refractivity contribution < 1.29 is 4.74 Å². The van der Waals surface area contributed by atoms with Crippen LogP contribution in [-0.2, 0) is 6.54 Å². The third-order valence-corrected chi connectivity index (χ3v) is 4.40. The molecule has 1 aliphatic heterocycles. The average molecular weight is 312 g/mol. The molecule has 1 fully saturated rings. The van der Waals surface area contributed by atoms with E-state index in [0.29, 0.717) is 12.0 Å². The first-order valence-corrected chi connectivity index (χ1v) is 8.18. The smallest absolute Gasteiger partial charge is 0.222 e. The summed E-state index contributed by atoms with van der Waals surface area (Å²) < 4.78 is 5.24. The Morgan fingerprint density at radius 2 is 2.04 bits per heavy atom. The molecule has 2 aromatic rings. The van der Waals surface area contributed by atoms with Gasteiger partial charge < -0.3 is 10.1 Å². The lowest BCUT2D eigenvalue weighted by Crippen LogP contribution is -2.33. The number of nitrogens with one attached hydrogen (secondary N) is 1. The molecule has 1 N–H and O–H groups in total. The van der Waals surface area contributed by atoms with Crippen molar-refractivity contribution in [2.45, 2.75) is 31.8 Å². The van der Waals surface area contributed by atoms with Gasteiger partial charge in [-0.25, -0.2) is 9.97 Å². The monoisotopic (exact) mass is 312 g/mol. The zero-order chi connectivity index (χ0) is 16.1. The van der Waals surface area contributed by atoms with E-state index in [-0.39, 0.29) is 0 Å². The van der Waals surface area contributed by atoms with Crippen LogP contribution in [-0.4, -0.2) is 35.6 Å². The molecule has 1 aromatic heterocycles. The van der Waals surface area contributed by atoms with Crippen molar-refractivity contribution in [3.05, 3.63) is 47.8 Å². The first-order chi connectivity index (χ1) is 11.3. The van der Waals surface area contributed by atoms with Crippen LogP contribution in [0.5, 0.6) is 5.75 Å². The van der Waals surface area contributed by atoms with Gasteiger partial charge in [-0.05, 0) is 43.1 Å². The van der Waals surface area contributed by atoms with Gasteiger partial charge in [-0.3, -0.25) is 4.90 Å². The van der Waals surface area contributed by atoms with Crippen LogP contribution in [0.15, 0.2) is 36.5 Å². The van der Waals surface area contributed by atoms with E-state index in [2.05, 4.69) is 32.3 Å². The van der Waals surface area contributed by atoms with Crippen molar-refractivity contribution in [2.75, 3.05) is 26.0 Å². The Labute approximate surface area is 137 Å². The quantitative estimate of drug-likeness (QED) is 0.918. The fraction of sp³-hybridized carbons (Fsp3) is 0.444. The van der Waals surface area contributed by atoms with Crippen molar-refractivity contribution in [1.82, 2.24) is 14.9 Å². The number of hydrogen-bond donors (Lipinski definition) is 1. The van der Waals surface area contributed by atoms with Gasteiger partial charge in [0.2, 0.25) is 5.95 Å². The van der Waals surface area contributed by atoms with E-state index in [4.69, 9.17) is 4.74 Å². The molecule has 1 unspecified atom stereocenters. The minimum atomic E-state index is 0.362. The van der Waals surface area contributed by atoms with Crippen LogP contribution in [0.3, 0.4) is 0 Å². The number of piperidine rings is 1. The molecule has 5 heteroatoms. The normalized spacial score (nSPS) is 18.6. The first-order valence-electron chi connectivity index (χ1n) is 8.18. The highest BCUT2D eigenvalue weighted by Crippen LogP contribution is 2.31. The molecule has 23 heavy (non-hydrogen) atoms. The third-order valence-electron chi connectivity index (χ3n) is 4.40. The maximum absolute atomic E-state index is 5.24. The highest BCUT2D eigenvalue weighted by molar-refractivity contribution is 5.28. The number of benzene rings is 1.